The second-order valence-electron chi connectivity index (χ2n) is 5.22. The van der Waals surface area contributed by atoms with Gasteiger partial charge in [0.1, 0.15) is 0 Å². The maximum absolute atomic E-state index is 11.7. The first-order chi connectivity index (χ1) is 10.7. The van der Waals surface area contributed by atoms with E-state index in [1.807, 2.05) is 30.3 Å². The van der Waals surface area contributed by atoms with Gasteiger partial charge in [-0.05, 0) is 24.9 Å². The summed E-state index contributed by atoms with van der Waals surface area (Å²) in [5.41, 5.74) is 1.08. The molecule has 0 atom stereocenters. The van der Waals surface area contributed by atoms with Crippen molar-refractivity contribution in [3.05, 3.63) is 35.9 Å². The lowest BCUT2D eigenvalue weighted by molar-refractivity contribution is -0.122. The van der Waals surface area contributed by atoms with E-state index in [1.165, 1.54) is 0 Å². The van der Waals surface area contributed by atoms with E-state index in [0.717, 1.165) is 25.1 Å². The largest absolute Gasteiger partial charge is 0.355 e. The predicted molar refractivity (Wildman–Crippen MR) is 88.3 cm³/mol. The first-order valence-electron chi connectivity index (χ1n) is 8.00. The highest BCUT2D eigenvalue weighted by atomic mass is 16.2. The Labute approximate surface area is 132 Å². The van der Waals surface area contributed by atoms with Gasteiger partial charge in [-0.25, -0.2) is 0 Å². The van der Waals surface area contributed by atoms with Crippen LogP contribution in [-0.2, 0) is 16.1 Å². The molecule has 0 bridgehead atoms. The van der Waals surface area contributed by atoms with E-state index in [9.17, 15) is 9.59 Å². The predicted octanol–water partition coefficient (Wildman–Crippen LogP) is 1.59. The zero-order valence-electron chi connectivity index (χ0n) is 13.4. The molecule has 0 aliphatic carbocycles. The minimum Gasteiger partial charge on any atom is -0.355 e. The second kappa shape index (κ2) is 11.7. The molecule has 0 radical (unpaired) electrons. The number of carbonyl (C=O) groups excluding carboxylic acids is 2. The molecule has 0 aliphatic rings. The van der Waals surface area contributed by atoms with Crippen molar-refractivity contribution in [1.29, 1.82) is 0 Å². The van der Waals surface area contributed by atoms with E-state index < -0.39 is 0 Å². The third-order valence-electron chi connectivity index (χ3n) is 3.19. The van der Waals surface area contributed by atoms with Gasteiger partial charge in [0.25, 0.3) is 0 Å². The Balaban J connectivity index is 2.01. The molecular formula is C17H27N3O2. The van der Waals surface area contributed by atoms with Crippen molar-refractivity contribution < 1.29 is 9.59 Å². The molecule has 1 aromatic rings. The van der Waals surface area contributed by atoms with E-state index in [4.69, 9.17) is 0 Å². The Bertz CT molecular complexity index is 435. The molecule has 0 heterocycles. The fraction of sp³-hybridized carbons (Fsp3) is 0.529. The quantitative estimate of drug-likeness (QED) is 0.544. The van der Waals surface area contributed by atoms with Crippen molar-refractivity contribution in [2.24, 2.45) is 0 Å². The lowest BCUT2D eigenvalue weighted by atomic mass is 10.2. The topological polar surface area (TPSA) is 70.2 Å². The highest BCUT2D eigenvalue weighted by Crippen LogP contribution is 1.99. The first-order valence-corrected chi connectivity index (χ1v) is 8.00. The van der Waals surface area contributed by atoms with E-state index >= 15 is 0 Å². The van der Waals surface area contributed by atoms with Crippen LogP contribution in [0, 0.1) is 0 Å². The molecule has 22 heavy (non-hydrogen) atoms. The lowest BCUT2D eigenvalue weighted by Gasteiger charge is -2.07. The molecule has 0 aromatic heterocycles. The van der Waals surface area contributed by atoms with Crippen molar-refractivity contribution in [2.75, 3.05) is 19.6 Å². The van der Waals surface area contributed by atoms with Gasteiger partial charge < -0.3 is 16.0 Å². The van der Waals surface area contributed by atoms with Gasteiger partial charge in [-0.2, -0.15) is 0 Å². The standard InChI is InChI=1S/C17H27N3O2/c1-2-11-18-12-13-19-16(21)9-6-10-17(22)20-14-15-7-4-3-5-8-15/h3-5,7-8,18H,2,6,9-14H2,1H3,(H,19,21)(H,20,22). The van der Waals surface area contributed by atoms with Gasteiger partial charge in [-0.1, -0.05) is 37.3 Å². The van der Waals surface area contributed by atoms with Crippen LogP contribution < -0.4 is 16.0 Å². The Hall–Kier alpha value is -1.88. The van der Waals surface area contributed by atoms with Gasteiger partial charge in [0.2, 0.25) is 11.8 Å². The van der Waals surface area contributed by atoms with Crippen molar-refractivity contribution in [1.82, 2.24) is 16.0 Å². The summed E-state index contributed by atoms with van der Waals surface area (Å²) in [6.45, 7) is 5.04. The molecule has 0 aliphatic heterocycles. The monoisotopic (exact) mass is 305 g/mol. The van der Waals surface area contributed by atoms with Crippen LogP contribution in [0.25, 0.3) is 0 Å². The fourth-order valence-corrected chi connectivity index (χ4v) is 1.97. The van der Waals surface area contributed by atoms with Gasteiger partial charge in [0, 0.05) is 32.5 Å². The number of benzene rings is 1. The van der Waals surface area contributed by atoms with Crippen LogP contribution in [0.4, 0.5) is 0 Å². The third-order valence-corrected chi connectivity index (χ3v) is 3.19. The zero-order chi connectivity index (χ0) is 16.0. The molecule has 5 nitrogen and oxygen atoms in total. The van der Waals surface area contributed by atoms with Crippen LogP contribution in [0.3, 0.4) is 0 Å². The van der Waals surface area contributed by atoms with Crippen molar-refractivity contribution in [2.45, 2.75) is 39.2 Å². The van der Waals surface area contributed by atoms with Crippen molar-refractivity contribution in [3.63, 3.8) is 0 Å². The molecule has 0 saturated heterocycles. The third kappa shape index (κ3) is 9.13. The molecule has 122 valence electrons. The number of nitrogens with one attached hydrogen (secondary N) is 3. The molecule has 1 rings (SSSR count). The maximum atomic E-state index is 11.7. The summed E-state index contributed by atoms with van der Waals surface area (Å²) in [6, 6.07) is 9.78. The highest BCUT2D eigenvalue weighted by molar-refractivity contribution is 5.78. The summed E-state index contributed by atoms with van der Waals surface area (Å²) in [4.78, 5) is 23.2. The molecule has 0 saturated carbocycles. The average Bonchev–Trinajstić information content (AvgIpc) is 2.54. The van der Waals surface area contributed by atoms with Crippen molar-refractivity contribution >= 4 is 11.8 Å². The van der Waals surface area contributed by atoms with E-state index in [0.29, 0.717) is 32.4 Å². The number of hydrogen-bond acceptors (Lipinski definition) is 3. The molecular weight excluding hydrogens is 278 g/mol. The molecule has 2 amide bonds. The Morgan fingerprint density at radius 1 is 0.909 bits per heavy atom. The first kappa shape index (κ1) is 18.2. The average molecular weight is 305 g/mol. The number of amides is 2. The number of rotatable bonds is 11. The van der Waals surface area contributed by atoms with Crippen LogP contribution in [0.1, 0.15) is 38.2 Å². The van der Waals surface area contributed by atoms with Gasteiger partial charge in [-0.15, -0.1) is 0 Å². The number of hydrogen-bond donors (Lipinski definition) is 3. The zero-order valence-corrected chi connectivity index (χ0v) is 13.4. The Morgan fingerprint density at radius 3 is 2.27 bits per heavy atom. The number of carbonyl (C=O) groups is 2. The normalized spacial score (nSPS) is 10.2. The van der Waals surface area contributed by atoms with Gasteiger partial charge in [-0.3, -0.25) is 9.59 Å². The lowest BCUT2D eigenvalue weighted by Crippen LogP contribution is -2.32. The van der Waals surface area contributed by atoms with Crippen LogP contribution in [0.15, 0.2) is 30.3 Å². The summed E-state index contributed by atoms with van der Waals surface area (Å²) in [6.07, 6.45) is 2.45. The Kier molecular flexibility index (Phi) is 9.70. The second-order valence-corrected chi connectivity index (χ2v) is 5.22. The van der Waals surface area contributed by atoms with Crippen LogP contribution in [-0.4, -0.2) is 31.4 Å². The van der Waals surface area contributed by atoms with Gasteiger partial charge in [0.15, 0.2) is 0 Å². The summed E-state index contributed by atoms with van der Waals surface area (Å²) in [7, 11) is 0. The summed E-state index contributed by atoms with van der Waals surface area (Å²) in [5.74, 6) is -0.00424. The minimum absolute atomic E-state index is 0.00848. The maximum Gasteiger partial charge on any atom is 0.220 e. The molecule has 1 aromatic carbocycles. The van der Waals surface area contributed by atoms with E-state index in [-0.39, 0.29) is 11.8 Å². The molecule has 5 heteroatoms. The summed E-state index contributed by atoms with van der Waals surface area (Å²) in [5, 5.41) is 8.92. The van der Waals surface area contributed by atoms with Gasteiger partial charge in [0.05, 0.1) is 0 Å². The fourth-order valence-electron chi connectivity index (χ4n) is 1.97. The highest BCUT2D eigenvalue weighted by Gasteiger charge is 2.04. The summed E-state index contributed by atoms with van der Waals surface area (Å²) < 4.78 is 0. The SMILES string of the molecule is CCCNCCNC(=O)CCCC(=O)NCc1ccccc1. The van der Waals surface area contributed by atoms with Crippen LogP contribution in [0.5, 0.6) is 0 Å². The molecule has 0 spiro atoms. The molecule has 0 fully saturated rings. The Morgan fingerprint density at radius 2 is 1.59 bits per heavy atom. The van der Waals surface area contributed by atoms with Crippen molar-refractivity contribution in [3.8, 4) is 0 Å². The summed E-state index contributed by atoms with van der Waals surface area (Å²) >= 11 is 0. The van der Waals surface area contributed by atoms with Crippen LogP contribution >= 0.6 is 0 Å². The van der Waals surface area contributed by atoms with E-state index in [1.54, 1.807) is 0 Å². The molecule has 0 unspecified atom stereocenters. The minimum atomic E-state index is -0.0127. The van der Waals surface area contributed by atoms with Crippen LogP contribution in [0.2, 0.25) is 0 Å². The molecule has 3 N–H and O–H groups in total. The van der Waals surface area contributed by atoms with E-state index in [2.05, 4.69) is 22.9 Å². The van der Waals surface area contributed by atoms with Gasteiger partial charge >= 0.3 is 0 Å². The smallest absolute Gasteiger partial charge is 0.220 e.